The molecule has 2 atom stereocenters. The van der Waals surface area contributed by atoms with Gasteiger partial charge in [-0.2, -0.15) is 0 Å². The molecule has 0 spiro atoms. The SMILES string of the molecule is CC(=O)Nc1[n-]c(/C=C2\N=C(NC(=O)CCCOc3cc(C(=O)[O-])cc(C(=O)O)c3)C(C(=O)OC3C(C)CC(C)CC3C)=C2C)c(C)c1C.[Zn]. The van der Waals surface area contributed by atoms with Crippen LogP contribution in [0.15, 0.2) is 40.0 Å². The number of carbonyl (C=O) groups excluding carboxylic acids is 4. The van der Waals surface area contributed by atoms with Crippen molar-refractivity contribution in [3.05, 3.63) is 63.0 Å². The van der Waals surface area contributed by atoms with Crippen molar-refractivity contribution >= 4 is 47.5 Å². The van der Waals surface area contributed by atoms with Crippen LogP contribution in [0.1, 0.15) is 97.8 Å². The number of ether oxygens (including phenoxy) is 2. The molecule has 14 heteroatoms. The van der Waals surface area contributed by atoms with Crippen molar-refractivity contribution in [2.45, 2.75) is 80.3 Å². The number of carboxylic acid groups (broad SMARTS) is 2. The van der Waals surface area contributed by atoms with Crippen molar-refractivity contribution < 1.29 is 63.1 Å². The predicted molar refractivity (Wildman–Crippen MR) is 179 cm³/mol. The summed E-state index contributed by atoms with van der Waals surface area (Å²) in [5, 5.41) is 26.0. The molecule has 50 heavy (non-hydrogen) atoms. The number of aliphatic imine (C=N–C) groups is 1. The van der Waals surface area contributed by atoms with E-state index in [2.05, 4.69) is 41.4 Å². The second-order valence-corrected chi connectivity index (χ2v) is 13.0. The van der Waals surface area contributed by atoms with Crippen LogP contribution in [0.4, 0.5) is 5.82 Å². The molecule has 3 N–H and O–H groups in total. The van der Waals surface area contributed by atoms with Crippen LogP contribution in [0, 0.1) is 31.6 Å². The van der Waals surface area contributed by atoms with E-state index in [-0.39, 0.29) is 91.1 Å². The summed E-state index contributed by atoms with van der Waals surface area (Å²) in [6, 6.07) is 3.29. The number of amidine groups is 1. The van der Waals surface area contributed by atoms with E-state index < -0.39 is 23.8 Å². The van der Waals surface area contributed by atoms with Crippen molar-refractivity contribution in [3.63, 3.8) is 0 Å². The number of aromatic nitrogens is 1. The van der Waals surface area contributed by atoms with Gasteiger partial charge in [-0.1, -0.05) is 26.6 Å². The van der Waals surface area contributed by atoms with E-state index in [9.17, 15) is 34.2 Å². The normalized spacial score (nSPS) is 20.9. The molecule has 2 unspecified atom stereocenters. The number of nitrogens with one attached hydrogen (secondary N) is 2. The van der Waals surface area contributed by atoms with E-state index in [0.717, 1.165) is 36.1 Å². The largest absolute Gasteiger partial charge is 0.545 e. The standard InChI is InChI=1S/C36H44N4O9.Zn/c1-17-11-18(2)31(19(3)12-17)49-36(47)30-22(6)28(16-27-20(4)21(5)32(38-27)37-23(7)41)39-33(30)40-29(42)9-8-10-48-26-14-24(34(43)44)13-25(15-26)35(45)46;/h13-19,31H,8-12H2,1-7H3,(H5,37,38,39,40,41,42,43,44,45,46,47);/p-2. The molecule has 2 aliphatic rings. The Bertz CT molecular complexity index is 1730. The van der Waals surface area contributed by atoms with Crippen LogP contribution in [0.3, 0.4) is 0 Å². The number of nitrogens with zero attached hydrogens (tertiary/aromatic N) is 2. The van der Waals surface area contributed by atoms with Gasteiger partial charge in [-0.3, -0.25) is 9.59 Å². The second-order valence-electron chi connectivity index (χ2n) is 13.0. The zero-order valence-electron chi connectivity index (χ0n) is 29.5. The fraction of sp³-hybridized carbons (Fsp3) is 0.444. The first kappa shape index (κ1) is 39.9. The van der Waals surface area contributed by atoms with E-state index in [4.69, 9.17) is 9.47 Å². The summed E-state index contributed by atoms with van der Waals surface area (Å²) in [5.41, 5.74) is 2.57. The van der Waals surface area contributed by atoms with Gasteiger partial charge in [0.2, 0.25) is 5.91 Å². The summed E-state index contributed by atoms with van der Waals surface area (Å²) >= 11 is 0. The fourth-order valence-corrected chi connectivity index (χ4v) is 6.41. The third kappa shape index (κ3) is 9.56. The smallest absolute Gasteiger partial charge is 0.342 e. The number of carboxylic acids is 2. The Morgan fingerprint density at radius 1 is 1.00 bits per heavy atom. The summed E-state index contributed by atoms with van der Waals surface area (Å²) in [5.74, 6) is -2.89. The first-order valence-corrected chi connectivity index (χ1v) is 16.2. The van der Waals surface area contributed by atoms with Crippen LogP contribution in [0.25, 0.3) is 6.08 Å². The van der Waals surface area contributed by atoms with E-state index in [1.165, 1.54) is 13.0 Å². The van der Waals surface area contributed by atoms with Gasteiger partial charge in [-0.05, 0) is 111 Å². The van der Waals surface area contributed by atoms with Crippen molar-refractivity contribution in [1.29, 1.82) is 0 Å². The number of amides is 2. The predicted octanol–water partition coefficient (Wildman–Crippen LogP) is 3.94. The summed E-state index contributed by atoms with van der Waals surface area (Å²) in [6.45, 7) is 13.1. The van der Waals surface area contributed by atoms with E-state index >= 15 is 0 Å². The quantitative estimate of drug-likeness (QED) is 0.172. The molecule has 2 heterocycles. The summed E-state index contributed by atoms with van der Waals surface area (Å²) in [4.78, 5) is 70.4. The first-order chi connectivity index (χ1) is 23.0. The molecule has 1 aromatic heterocycles. The molecule has 1 fully saturated rings. The Morgan fingerprint density at radius 3 is 2.24 bits per heavy atom. The second kappa shape index (κ2) is 16.9. The van der Waals surface area contributed by atoms with Crippen LogP contribution in [-0.2, 0) is 38.6 Å². The van der Waals surface area contributed by atoms with Gasteiger partial charge in [0.05, 0.1) is 23.8 Å². The average molecular weight is 740 g/mol. The van der Waals surface area contributed by atoms with Gasteiger partial charge in [-0.15, -0.1) is 0 Å². The Kier molecular flexibility index (Phi) is 13.5. The number of hydrogen-bond acceptors (Lipinski definition) is 9. The van der Waals surface area contributed by atoms with E-state index in [1.54, 1.807) is 13.0 Å². The molecule has 1 aromatic carbocycles. The molecular formula is C36H42N4O9Zn-2. The molecule has 2 aromatic rings. The van der Waals surface area contributed by atoms with Crippen LogP contribution >= 0.6 is 0 Å². The zero-order chi connectivity index (χ0) is 36.2. The number of anilines is 1. The van der Waals surface area contributed by atoms with E-state index in [0.29, 0.717) is 28.7 Å². The monoisotopic (exact) mass is 738 g/mol. The molecule has 264 valence electrons. The van der Waals surface area contributed by atoms with Crippen molar-refractivity contribution in [3.8, 4) is 5.75 Å². The molecule has 1 saturated carbocycles. The maximum atomic E-state index is 13.8. The van der Waals surface area contributed by atoms with Gasteiger partial charge in [0.1, 0.15) is 29.2 Å². The minimum atomic E-state index is -1.55. The summed E-state index contributed by atoms with van der Waals surface area (Å²) in [6.07, 6.45) is 3.38. The summed E-state index contributed by atoms with van der Waals surface area (Å²) < 4.78 is 11.6. The number of benzene rings is 1. The molecule has 0 bridgehead atoms. The Labute approximate surface area is 303 Å². The molecule has 4 rings (SSSR count). The number of carbonyl (C=O) groups is 5. The van der Waals surface area contributed by atoms with Crippen LogP contribution < -0.4 is 25.5 Å². The minimum absolute atomic E-state index is 0. The Morgan fingerprint density at radius 2 is 1.64 bits per heavy atom. The maximum absolute atomic E-state index is 13.8. The number of allylic oxidation sites excluding steroid dienone is 1. The molecule has 0 radical (unpaired) electrons. The van der Waals surface area contributed by atoms with Gasteiger partial charge in [0, 0.05) is 31.5 Å². The van der Waals surface area contributed by atoms with Gasteiger partial charge >= 0.3 is 11.9 Å². The first-order valence-electron chi connectivity index (χ1n) is 16.2. The van der Waals surface area contributed by atoms with Crippen LogP contribution in [0.2, 0.25) is 0 Å². The van der Waals surface area contributed by atoms with Gasteiger partial charge in [0.15, 0.2) is 0 Å². The van der Waals surface area contributed by atoms with Crippen molar-refractivity contribution in [1.82, 2.24) is 10.3 Å². The average Bonchev–Trinajstić information content (AvgIpc) is 3.45. The fourth-order valence-electron chi connectivity index (χ4n) is 6.41. The zero-order valence-corrected chi connectivity index (χ0v) is 32.4. The molecular weight excluding hydrogens is 698 g/mol. The Balaban J connectivity index is 0.00000676. The van der Waals surface area contributed by atoms with Gasteiger partial charge in [0.25, 0.3) is 0 Å². The van der Waals surface area contributed by atoms with Crippen molar-refractivity contribution in [2.75, 3.05) is 11.9 Å². The number of esters is 1. The van der Waals surface area contributed by atoms with Gasteiger partial charge < -0.3 is 40.1 Å². The number of hydrogen-bond donors (Lipinski definition) is 3. The number of rotatable bonds is 11. The Hall–Kier alpha value is -4.58. The summed E-state index contributed by atoms with van der Waals surface area (Å²) in [7, 11) is 0. The molecule has 2 amide bonds. The maximum Gasteiger partial charge on any atom is 0.342 e. The number of aromatic carboxylic acids is 2. The molecule has 1 aliphatic heterocycles. The molecule has 13 nitrogen and oxygen atoms in total. The van der Waals surface area contributed by atoms with Gasteiger partial charge in [-0.25, -0.2) is 14.6 Å². The third-order valence-corrected chi connectivity index (χ3v) is 8.91. The topological polar surface area (TPSA) is 198 Å². The third-order valence-electron chi connectivity index (χ3n) is 8.91. The molecule has 0 saturated heterocycles. The minimum Gasteiger partial charge on any atom is -0.545 e. The van der Waals surface area contributed by atoms with Crippen molar-refractivity contribution in [2.24, 2.45) is 22.7 Å². The van der Waals surface area contributed by atoms with Crippen LogP contribution in [-0.4, -0.2) is 53.4 Å². The van der Waals surface area contributed by atoms with E-state index in [1.807, 2.05) is 13.8 Å². The molecule has 1 aliphatic carbocycles. The van der Waals surface area contributed by atoms with Crippen LogP contribution in [0.5, 0.6) is 5.75 Å².